The van der Waals surface area contributed by atoms with Crippen molar-refractivity contribution in [3.63, 3.8) is 0 Å². The van der Waals surface area contributed by atoms with Gasteiger partial charge < -0.3 is 9.88 Å². The maximum Gasteiger partial charge on any atom is 0.125 e. The number of aromatic nitrogens is 3. The Morgan fingerprint density at radius 2 is 2.38 bits per heavy atom. The van der Waals surface area contributed by atoms with Gasteiger partial charge in [0.05, 0.1) is 6.04 Å². The molecule has 5 heteroatoms. The molecule has 1 atom stereocenters. The van der Waals surface area contributed by atoms with E-state index in [-0.39, 0.29) is 6.04 Å². The van der Waals surface area contributed by atoms with E-state index in [1.165, 1.54) is 0 Å². The molecule has 4 nitrogen and oxygen atoms in total. The zero-order valence-electron chi connectivity index (χ0n) is 9.77. The van der Waals surface area contributed by atoms with Gasteiger partial charge in [-0.15, -0.1) is 11.3 Å². The van der Waals surface area contributed by atoms with E-state index in [9.17, 15) is 0 Å². The fraction of sp³-hybridized carbons (Fsp3) is 0.455. The molecule has 0 saturated heterocycles. The Morgan fingerprint density at radius 1 is 1.56 bits per heavy atom. The minimum atomic E-state index is 0.240. The van der Waals surface area contributed by atoms with Crippen molar-refractivity contribution in [1.29, 1.82) is 0 Å². The predicted molar refractivity (Wildman–Crippen MR) is 65.3 cm³/mol. The van der Waals surface area contributed by atoms with Crippen LogP contribution in [0.3, 0.4) is 0 Å². The van der Waals surface area contributed by atoms with Gasteiger partial charge in [-0.2, -0.15) is 0 Å². The number of imidazole rings is 1. The Kier molecular flexibility index (Phi) is 3.36. The molecule has 0 bridgehead atoms. The zero-order valence-corrected chi connectivity index (χ0v) is 10.6. The van der Waals surface area contributed by atoms with Crippen LogP contribution in [0.2, 0.25) is 0 Å². The lowest BCUT2D eigenvalue weighted by Crippen LogP contribution is -2.20. The van der Waals surface area contributed by atoms with Gasteiger partial charge in [0.1, 0.15) is 10.8 Å². The first-order valence-corrected chi connectivity index (χ1v) is 6.16. The van der Waals surface area contributed by atoms with E-state index in [1.54, 1.807) is 11.3 Å². The van der Waals surface area contributed by atoms with Gasteiger partial charge in [0, 0.05) is 37.1 Å². The summed E-state index contributed by atoms with van der Waals surface area (Å²) in [5, 5.41) is 6.62. The lowest BCUT2D eigenvalue weighted by Gasteiger charge is -2.12. The zero-order chi connectivity index (χ0) is 11.5. The molecule has 0 aliphatic carbocycles. The Labute approximate surface area is 99.4 Å². The molecule has 86 valence electrons. The molecule has 2 heterocycles. The van der Waals surface area contributed by atoms with Gasteiger partial charge in [0.2, 0.25) is 0 Å². The largest absolute Gasteiger partial charge is 0.337 e. The van der Waals surface area contributed by atoms with Crippen LogP contribution in [0.15, 0.2) is 17.8 Å². The number of hydrogen-bond acceptors (Lipinski definition) is 4. The fourth-order valence-corrected chi connectivity index (χ4v) is 2.33. The molecule has 0 amide bonds. The molecule has 0 aliphatic rings. The van der Waals surface area contributed by atoms with Gasteiger partial charge in [0.15, 0.2) is 0 Å². The second kappa shape index (κ2) is 4.76. The van der Waals surface area contributed by atoms with Crippen molar-refractivity contribution in [2.45, 2.75) is 26.4 Å². The van der Waals surface area contributed by atoms with Crippen LogP contribution in [0.25, 0.3) is 0 Å². The number of nitrogens with zero attached hydrogens (tertiary/aromatic N) is 3. The third-order valence-corrected chi connectivity index (χ3v) is 3.44. The summed E-state index contributed by atoms with van der Waals surface area (Å²) in [4.78, 5) is 8.73. The molecule has 0 aliphatic heterocycles. The van der Waals surface area contributed by atoms with Gasteiger partial charge in [-0.05, 0) is 13.8 Å². The Bertz CT molecular complexity index is 460. The molecule has 0 fully saturated rings. The molecule has 1 N–H and O–H groups in total. The molecular formula is C11H16N4S. The lowest BCUT2D eigenvalue weighted by molar-refractivity contribution is 0.529. The predicted octanol–water partition coefficient (Wildman–Crippen LogP) is 2.04. The molecule has 0 spiro atoms. The number of nitrogens with one attached hydrogen (secondary N) is 1. The van der Waals surface area contributed by atoms with E-state index in [0.717, 1.165) is 23.1 Å². The van der Waals surface area contributed by atoms with Crippen molar-refractivity contribution in [2.24, 2.45) is 7.05 Å². The van der Waals surface area contributed by atoms with Gasteiger partial charge in [-0.3, -0.25) is 0 Å². The van der Waals surface area contributed by atoms with Crippen LogP contribution in [0, 0.1) is 6.92 Å². The number of hydrogen-bond donors (Lipinski definition) is 1. The molecule has 0 aromatic carbocycles. The molecular weight excluding hydrogens is 220 g/mol. The number of rotatable bonds is 4. The smallest absolute Gasteiger partial charge is 0.125 e. The molecule has 0 radical (unpaired) electrons. The van der Waals surface area contributed by atoms with Gasteiger partial charge in [-0.25, -0.2) is 9.97 Å². The van der Waals surface area contributed by atoms with E-state index in [4.69, 9.17) is 0 Å². The highest BCUT2D eigenvalue weighted by atomic mass is 32.1. The molecule has 2 rings (SSSR count). The highest BCUT2D eigenvalue weighted by molar-refractivity contribution is 7.09. The number of thiazole rings is 1. The summed E-state index contributed by atoms with van der Waals surface area (Å²) in [5.41, 5.74) is 1.09. The topological polar surface area (TPSA) is 42.7 Å². The van der Waals surface area contributed by atoms with Crippen molar-refractivity contribution in [2.75, 3.05) is 0 Å². The first-order chi connectivity index (χ1) is 7.66. The average Bonchev–Trinajstić information content (AvgIpc) is 2.84. The van der Waals surface area contributed by atoms with Gasteiger partial charge in [-0.1, -0.05) is 0 Å². The minimum Gasteiger partial charge on any atom is -0.337 e. The SMILES string of the molecule is Cc1csc(CNC(C)c2nccn2C)n1. The van der Waals surface area contributed by atoms with Gasteiger partial charge >= 0.3 is 0 Å². The summed E-state index contributed by atoms with van der Waals surface area (Å²) in [6, 6.07) is 0.240. The standard InChI is InChI=1S/C11H16N4S/c1-8-7-16-10(14-8)6-13-9(2)11-12-4-5-15(11)3/h4-5,7,9,13H,6H2,1-3H3. The van der Waals surface area contributed by atoms with Crippen molar-refractivity contribution in [3.05, 3.63) is 34.3 Å². The van der Waals surface area contributed by atoms with Crippen molar-refractivity contribution in [1.82, 2.24) is 19.9 Å². The normalized spacial score (nSPS) is 12.9. The summed E-state index contributed by atoms with van der Waals surface area (Å²) in [7, 11) is 2.01. The third-order valence-electron chi connectivity index (χ3n) is 2.47. The first kappa shape index (κ1) is 11.3. The summed E-state index contributed by atoms with van der Waals surface area (Å²) in [6.45, 7) is 4.93. The molecule has 2 aromatic heterocycles. The van der Waals surface area contributed by atoms with Gasteiger partial charge in [0.25, 0.3) is 0 Å². The molecule has 0 saturated carbocycles. The van der Waals surface area contributed by atoms with Crippen LogP contribution in [0.1, 0.15) is 29.5 Å². The van der Waals surface area contributed by atoms with E-state index in [1.807, 2.05) is 30.9 Å². The minimum absolute atomic E-state index is 0.240. The van der Waals surface area contributed by atoms with Crippen LogP contribution in [0.5, 0.6) is 0 Å². The Hall–Kier alpha value is -1.20. The summed E-state index contributed by atoms with van der Waals surface area (Å²) < 4.78 is 2.03. The van der Waals surface area contributed by atoms with Crippen LogP contribution in [0.4, 0.5) is 0 Å². The maximum absolute atomic E-state index is 4.42. The van der Waals surface area contributed by atoms with Crippen LogP contribution < -0.4 is 5.32 Å². The Balaban J connectivity index is 1.93. The monoisotopic (exact) mass is 236 g/mol. The van der Waals surface area contributed by atoms with E-state index in [2.05, 4.69) is 27.6 Å². The summed E-state index contributed by atoms with van der Waals surface area (Å²) in [6.07, 6.45) is 3.78. The fourth-order valence-electron chi connectivity index (χ4n) is 1.61. The van der Waals surface area contributed by atoms with Crippen LogP contribution >= 0.6 is 11.3 Å². The molecule has 16 heavy (non-hydrogen) atoms. The highest BCUT2D eigenvalue weighted by Crippen LogP contribution is 2.12. The summed E-state index contributed by atoms with van der Waals surface area (Å²) >= 11 is 1.69. The van der Waals surface area contributed by atoms with Crippen molar-refractivity contribution < 1.29 is 0 Å². The second-order valence-electron chi connectivity index (χ2n) is 3.88. The van der Waals surface area contributed by atoms with Crippen LogP contribution in [-0.2, 0) is 13.6 Å². The molecule has 2 aromatic rings. The van der Waals surface area contributed by atoms with Crippen LogP contribution in [-0.4, -0.2) is 14.5 Å². The Morgan fingerprint density at radius 3 is 2.94 bits per heavy atom. The highest BCUT2D eigenvalue weighted by Gasteiger charge is 2.09. The maximum atomic E-state index is 4.42. The first-order valence-electron chi connectivity index (χ1n) is 5.28. The van der Waals surface area contributed by atoms with E-state index in [0.29, 0.717) is 0 Å². The second-order valence-corrected chi connectivity index (χ2v) is 4.82. The average molecular weight is 236 g/mol. The molecule has 1 unspecified atom stereocenters. The quantitative estimate of drug-likeness (QED) is 0.883. The number of aryl methyl sites for hydroxylation is 2. The van der Waals surface area contributed by atoms with E-state index < -0.39 is 0 Å². The van der Waals surface area contributed by atoms with Crippen molar-refractivity contribution in [3.8, 4) is 0 Å². The lowest BCUT2D eigenvalue weighted by atomic mass is 10.3. The van der Waals surface area contributed by atoms with E-state index >= 15 is 0 Å². The third kappa shape index (κ3) is 2.48. The summed E-state index contributed by atoms with van der Waals surface area (Å²) in [5.74, 6) is 1.05. The van der Waals surface area contributed by atoms with Crippen molar-refractivity contribution >= 4 is 11.3 Å².